The molecule has 7 nitrogen and oxygen atoms in total. The number of amides is 1. The number of hydrogen-bond donors (Lipinski definition) is 1. The van der Waals surface area contributed by atoms with Gasteiger partial charge in [-0.25, -0.2) is 10.0 Å². The number of hydrogen-bond acceptors (Lipinski definition) is 5. The highest BCUT2D eigenvalue weighted by molar-refractivity contribution is 6.30. The molecule has 1 aliphatic heterocycles. The molecule has 0 aromatic heterocycles. The molecule has 1 atom stereocenters. The van der Waals surface area contributed by atoms with Crippen LogP contribution in [0.15, 0.2) is 89.0 Å². The van der Waals surface area contributed by atoms with E-state index in [9.17, 15) is 9.59 Å². The van der Waals surface area contributed by atoms with Crippen molar-refractivity contribution in [2.24, 2.45) is 10.1 Å². The number of nitrogens with one attached hydrogen (secondary N) is 1. The highest BCUT2D eigenvalue weighted by atomic mass is 35.5. The zero-order valence-electron chi connectivity index (χ0n) is 20.1. The number of hydrazone groups is 1. The fourth-order valence-electron chi connectivity index (χ4n) is 3.87. The third kappa shape index (κ3) is 6.17. The van der Waals surface area contributed by atoms with Gasteiger partial charge in [-0.2, -0.15) is 5.10 Å². The Balaban J connectivity index is 1.68. The Hall–Kier alpha value is -3.97. The minimum absolute atomic E-state index is 0.0610. The number of carbonyl (C=O) groups is 2. The molecule has 8 heteroatoms. The summed E-state index contributed by atoms with van der Waals surface area (Å²) in [5, 5.41) is 9.85. The highest BCUT2D eigenvalue weighted by Crippen LogP contribution is 2.29. The number of guanidine groups is 1. The molecule has 1 amide bonds. The van der Waals surface area contributed by atoms with Crippen LogP contribution >= 0.6 is 11.6 Å². The van der Waals surface area contributed by atoms with Gasteiger partial charge in [-0.15, -0.1) is 0 Å². The van der Waals surface area contributed by atoms with E-state index in [4.69, 9.17) is 21.4 Å². The molecule has 36 heavy (non-hydrogen) atoms. The summed E-state index contributed by atoms with van der Waals surface area (Å²) in [7, 11) is 0. The number of aryl methyl sites for hydroxylation is 1. The summed E-state index contributed by atoms with van der Waals surface area (Å²) in [6, 6.07) is 24.7. The first-order valence-electron chi connectivity index (χ1n) is 11.7. The topological polar surface area (TPSA) is 83.4 Å². The summed E-state index contributed by atoms with van der Waals surface area (Å²) < 4.78 is 5.02. The predicted octanol–water partition coefficient (Wildman–Crippen LogP) is 4.80. The summed E-state index contributed by atoms with van der Waals surface area (Å²) in [4.78, 5) is 29.4. The van der Waals surface area contributed by atoms with Crippen molar-refractivity contribution in [3.63, 3.8) is 0 Å². The number of aliphatic imine (C=N–C) groups is 1. The van der Waals surface area contributed by atoms with Crippen molar-refractivity contribution in [1.29, 1.82) is 0 Å². The molecule has 0 radical (unpaired) electrons. The molecule has 3 aromatic rings. The summed E-state index contributed by atoms with van der Waals surface area (Å²) in [5.74, 6) is -0.762. The lowest BCUT2D eigenvalue weighted by Gasteiger charge is -2.19. The largest absolute Gasteiger partial charge is 0.465 e. The summed E-state index contributed by atoms with van der Waals surface area (Å²) in [5.41, 5.74) is 4.48. The number of carbonyl (C=O) groups excluding carboxylic acids is 2. The molecule has 0 aliphatic carbocycles. The number of halogens is 1. The minimum Gasteiger partial charge on any atom is -0.465 e. The first kappa shape index (κ1) is 25.1. The second-order valence-electron chi connectivity index (χ2n) is 8.30. The fraction of sp³-hybridized carbons (Fsp3) is 0.214. The quantitative estimate of drug-likeness (QED) is 0.298. The molecular formula is C28H27ClN4O3. The van der Waals surface area contributed by atoms with E-state index in [0.29, 0.717) is 17.1 Å². The molecule has 1 N–H and O–H groups in total. The Labute approximate surface area is 215 Å². The van der Waals surface area contributed by atoms with Crippen molar-refractivity contribution in [3.8, 4) is 0 Å². The van der Waals surface area contributed by atoms with Crippen LogP contribution in [0, 0.1) is 6.92 Å². The maximum Gasteiger partial charge on any atom is 0.327 e. The van der Waals surface area contributed by atoms with E-state index in [1.165, 1.54) is 0 Å². The van der Waals surface area contributed by atoms with Gasteiger partial charge in [0, 0.05) is 16.5 Å². The van der Waals surface area contributed by atoms with Gasteiger partial charge in [-0.1, -0.05) is 71.8 Å². The van der Waals surface area contributed by atoms with Gasteiger partial charge < -0.3 is 4.74 Å². The zero-order chi connectivity index (χ0) is 25.5. The number of rotatable bonds is 6. The van der Waals surface area contributed by atoms with Crippen LogP contribution in [0.25, 0.3) is 0 Å². The van der Waals surface area contributed by atoms with Crippen LogP contribution in [0.3, 0.4) is 0 Å². The van der Waals surface area contributed by atoms with Crippen LogP contribution in [-0.4, -0.2) is 48.3 Å². The second kappa shape index (κ2) is 11.6. The standard InChI is InChI=1S/C28H27ClN4O3/c1-3-36-25(34)17-30-28(31-27(35)22-13-15-23(29)16-14-22)33-18-24(20-7-5-4-6-8-20)26(32-33)21-11-9-19(2)10-12-21/h4-16,24H,3,17-18H2,1-2H3,(H,30,31,35). The van der Waals surface area contributed by atoms with Gasteiger partial charge in [-0.05, 0) is 49.2 Å². The third-order valence-electron chi connectivity index (χ3n) is 5.70. The fourth-order valence-corrected chi connectivity index (χ4v) is 4.00. The molecule has 0 bridgehead atoms. The lowest BCUT2D eigenvalue weighted by molar-refractivity contribution is -0.141. The number of esters is 1. The average Bonchev–Trinajstić information content (AvgIpc) is 3.33. The first-order chi connectivity index (χ1) is 17.4. The van der Waals surface area contributed by atoms with Gasteiger partial charge in [0.15, 0.2) is 0 Å². The van der Waals surface area contributed by atoms with Crippen molar-refractivity contribution in [2.45, 2.75) is 19.8 Å². The Morgan fingerprint density at radius 1 is 1.06 bits per heavy atom. The van der Waals surface area contributed by atoms with Crippen LogP contribution in [0.1, 0.15) is 39.9 Å². The van der Waals surface area contributed by atoms with Gasteiger partial charge >= 0.3 is 5.97 Å². The number of benzene rings is 3. The maximum atomic E-state index is 13.0. The molecule has 0 saturated heterocycles. The number of nitrogens with zero attached hydrogens (tertiary/aromatic N) is 3. The SMILES string of the molecule is CCOC(=O)CN=C(NC(=O)c1ccc(Cl)cc1)N1CC(c2ccccc2)C(c2ccc(C)cc2)=N1. The summed E-state index contributed by atoms with van der Waals surface area (Å²) in [6.45, 7) is 4.21. The summed E-state index contributed by atoms with van der Waals surface area (Å²) in [6.07, 6.45) is 0. The Bertz CT molecular complexity index is 1270. The summed E-state index contributed by atoms with van der Waals surface area (Å²) >= 11 is 5.97. The lowest BCUT2D eigenvalue weighted by atomic mass is 9.90. The van der Waals surface area contributed by atoms with Crippen LogP contribution in [-0.2, 0) is 9.53 Å². The zero-order valence-corrected chi connectivity index (χ0v) is 20.9. The van der Waals surface area contributed by atoms with Gasteiger partial charge in [-0.3, -0.25) is 14.9 Å². The van der Waals surface area contributed by atoms with E-state index in [1.54, 1.807) is 36.2 Å². The van der Waals surface area contributed by atoms with Gasteiger partial charge in [0.25, 0.3) is 5.91 Å². The predicted molar refractivity (Wildman–Crippen MR) is 141 cm³/mol. The van der Waals surface area contributed by atoms with Gasteiger partial charge in [0.1, 0.15) is 6.54 Å². The van der Waals surface area contributed by atoms with E-state index in [0.717, 1.165) is 22.4 Å². The van der Waals surface area contributed by atoms with Crippen LogP contribution in [0.5, 0.6) is 0 Å². The molecule has 1 aliphatic rings. The number of ether oxygens (including phenoxy) is 1. The van der Waals surface area contributed by atoms with Crippen LogP contribution in [0.4, 0.5) is 0 Å². The molecule has 184 valence electrons. The Morgan fingerprint density at radius 2 is 1.75 bits per heavy atom. The molecule has 3 aromatic carbocycles. The molecule has 0 spiro atoms. The van der Waals surface area contributed by atoms with E-state index in [1.807, 2.05) is 49.4 Å². The Morgan fingerprint density at radius 3 is 2.42 bits per heavy atom. The second-order valence-corrected chi connectivity index (χ2v) is 8.74. The Kier molecular flexibility index (Phi) is 8.13. The van der Waals surface area contributed by atoms with E-state index < -0.39 is 5.97 Å². The van der Waals surface area contributed by atoms with Gasteiger partial charge in [0.2, 0.25) is 5.96 Å². The smallest absolute Gasteiger partial charge is 0.327 e. The van der Waals surface area contributed by atoms with Crippen molar-refractivity contribution < 1.29 is 14.3 Å². The van der Waals surface area contributed by atoms with Crippen molar-refractivity contribution in [3.05, 3.63) is 106 Å². The van der Waals surface area contributed by atoms with Crippen molar-refractivity contribution in [1.82, 2.24) is 10.3 Å². The third-order valence-corrected chi connectivity index (χ3v) is 5.95. The van der Waals surface area contributed by atoms with E-state index in [2.05, 4.69) is 22.4 Å². The molecule has 0 fully saturated rings. The molecule has 1 unspecified atom stereocenters. The molecule has 4 rings (SSSR count). The highest BCUT2D eigenvalue weighted by Gasteiger charge is 2.32. The minimum atomic E-state index is -0.489. The van der Waals surface area contributed by atoms with E-state index >= 15 is 0 Å². The van der Waals surface area contributed by atoms with Gasteiger partial charge in [0.05, 0.1) is 18.9 Å². The molecule has 1 heterocycles. The van der Waals surface area contributed by atoms with Crippen LogP contribution in [0.2, 0.25) is 5.02 Å². The monoisotopic (exact) mass is 502 g/mol. The molecular weight excluding hydrogens is 476 g/mol. The molecule has 0 saturated carbocycles. The van der Waals surface area contributed by atoms with E-state index in [-0.39, 0.29) is 30.9 Å². The maximum absolute atomic E-state index is 13.0. The van der Waals surface area contributed by atoms with Crippen molar-refractivity contribution >= 4 is 35.1 Å². The van der Waals surface area contributed by atoms with Crippen molar-refractivity contribution in [2.75, 3.05) is 19.7 Å². The average molecular weight is 503 g/mol. The normalized spacial score (nSPS) is 15.4. The first-order valence-corrected chi connectivity index (χ1v) is 12.1. The lowest BCUT2D eigenvalue weighted by Crippen LogP contribution is -2.41. The van der Waals surface area contributed by atoms with Crippen LogP contribution < -0.4 is 5.32 Å².